The van der Waals surface area contributed by atoms with Crippen molar-refractivity contribution in [2.45, 2.75) is 57.4 Å². The molecule has 1 unspecified atom stereocenters. The number of hydrogen-bond donors (Lipinski definition) is 1. The molecular weight excluding hydrogens is 422 g/mol. The summed E-state index contributed by atoms with van der Waals surface area (Å²) in [4.78, 5) is 9.75. The van der Waals surface area contributed by atoms with Crippen LogP contribution < -0.4 is 5.73 Å². The number of aliphatic imine (C=N–C) groups is 2. The summed E-state index contributed by atoms with van der Waals surface area (Å²) in [6.07, 6.45) is 2.35. The molecule has 1 fully saturated rings. The SMILES string of the molecule is CC1=NC2(N=C1N)c1cc(-c3cc(F)cc(F)c3)ccc1CC21CCC(OC(F)F)CC1. The normalized spacial score (nSPS) is 29.0. The molecule has 0 radical (unpaired) electrons. The molecule has 1 heterocycles. The lowest BCUT2D eigenvalue weighted by Gasteiger charge is -2.44. The average Bonchev–Trinajstić information content (AvgIpc) is 3.16. The van der Waals surface area contributed by atoms with Crippen LogP contribution in [0.3, 0.4) is 0 Å². The van der Waals surface area contributed by atoms with Crippen LogP contribution in [0.2, 0.25) is 0 Å². The Morgan fingerprint density at radius 3 is 2.28 bits per heavy atom. The number of ether oxygens (including phenoxy) is 1. The lowest BCUT2D eigenvalue weighted by atomic mass is 9.65. The quantitative estimate of drug-likeness (QED) is 0.649. The van der Waals surface area contributed by atoms with E-state index in [4.69, 9.17) is 20.5 Å². The van der Waals surface area contributed by atoms with Gasteiger partial charge in [-0.3, -0.25) is 4.99 Å². The minimum absolute atomic E-state index is 0.352. The van der Waals surface area contributed by atoms with Crippen LogP contribution in [-0.2, 0) is 16.8 Å². The molecule has 2 aromatic carbocycles. The van der Waals surface area contributed by atoms with Gasteiger partial charge >= 0.3 is 6.61 Å². The maximum atomic E-state index is 13.8. The number of nitrogens with zero attached hydrogens (tertiary/aromatic N) is 2. The molecule has 0 bridgehead atoms. The Hall–Kier alpha value is -2.74. The summed E-state index contributed by atoms with van der Waals surface area (Å²) >= 11 is 0. The highest BCUT2D eigenvalue weighted by Gasteiger charge is 2.60. The van der Waals surface area contributed by atoms with Gasteiger partial charge in [0.1, 0.15) is 17.5 Å². The van der Waals surface area contributed by atoms with E-state index < -0.39 is 35.4 Å². The lowest BCUT2D eigenvalue weighted by Crippen LogP contribution is -2.43. The van der Waals surface area contributed by atoms with E-state index in [1.165, 1.54) is 12.1 Å². The molecule has 1 aliphatic heterocycles. The molecule has 2 aromatic rings. The summed E-state index contributed by atoms with van der Waals surface area (Å²) < 4.78 is 57.9. The lowest BCUT2D eigenvalue weighted by molar-refractivity contribution is -0.177. The fraction of sp³-hybridized carbons (Fsp3) is 0.417. The number of nitrogens with two attached hydrogens (primary N) is 1. The van der Waals surface area contributed by atoms with E-state index in [-0.39, 0.29) is 0 Å². The van der Waals surface area contributed by atoms with Crippen molar-refractivity contribution >= 4 is 11.5 Å². The Morgan fingerprint density at radius 1 is 1.00 bits per heavy atom. The number of halogens is 4. The number of benzene rings is 2. The van der Waals surface area contributed by atoms with Crippen molar-refractivity contribution < 1.29 is 22.3 Å². The fourth-order valence-corrected chi connectivity index (χ4v) is 5.62. The standard InChI is InChI=1S/C24H23F4N3O/c1-13-21(29)31-24(30-13)20-10-14(16-8-17(25)11-18(26)9-16)2-3-15(20)12-23(24)6-4-19(5-7-23)32-22(27)28/h2-3,8-11,19,22H,4-7,12H2,1H3,(H2,29,31). The smallest absolute Gasteiger partial charge is 0.345 e. The van der Waals surface area contributed by atoms with Crippen molar-refractivity contribution in [1.29, 1.82) is 0 Å². The van der Waals surface area contributed by atoms with Crippen LogP contribution in [0, 0.1) is 17.0 Å². The molecule has 0 amide bonds. The molecule has 2 aliphatic carbocycles. The number of hydrogen-bond acceptors (Lipinski definition) is 4. The molecule has 5 rings (SSSR count). The fourth-order valence-electron chi connectivity index (χ4n) is 5.62. The number of rotatable bonds is 3. The van der Waals surface area contributed by atoms with Crippen LogP contribution in [0.15, 0.2) is 46.4 Å². The van der Waals surface area contributed by atoms with Crippen molar-refractivity contribution in [2.24, 2.45) is 21.1 Å². The van der Waals surface area contributed by atoms with E-state index in [2.05, 4.69) is 0 Å². The van der Waals surface area contributed by atoms with Crippen molar-refractivity contribution in [1.82, 2.24) is 0 Å². The molecule has 1 saturated carbocycles. The van der Waals surface area contributed by atoms with Gasteiger partial charge in [-0.05, 0) is 73.9 Å². The molecule has 2 spiro atoms. The molecule has 4 nitrogen and oxygen atoms in total. The highest BCUT2D eigenvalue weighted by Crippen LogP contribution is 2.62. The average molecular weight is 445 g/mol. The molecule has 168 valence electrons. The van der Waals surface area contributed by atoms with E-state index in [9.17, 15) is 17.6 Å². The molecule has 2 N–H and O–H groups in total. The van der Waals surface area contributed by atoms with Crippen LogP contribution >= 0.6 is 0 Å². The summed E-state index contributed by atoms with van der Waals surface area (Å²) in [5.74, 6) is -0.951. The zero-order valence-corrected chi connectivity index (χ0v) is 17.5. The highest BCUT2D eigenvalue weighted by atomic mass is 19.3. The maximum Gasteiger partial charge on any atom is 0.345 e. The number of alkyl halides is 2. The molecule has 32 heavy (non-hydrogen) atoms. The Balaban J connectivity index is 1.59. The van der Waals surface area contributed by atoms with Crippen LogP contribution in [0.5, 0.6) is 0 Å². The van der Waals surface area contributed by atoms with Crippen LogP contribution in [0.4, 0.5) is 17.6 Å². The Labute approximate surface area is 183 Å². The monoisotopic (exact) mass is 445 g/mol. The Bertz CT molecular complexity index is 1100. The molecule has 8 heteroatoms. The Morgan fingerprint density at radius 2 is 1.69 bits per heavy atom. The van der Waals surface area contributed by atoms with Gasteiger partial charge in [-0.15, -0.1) is 0 Å². The minimum Gasteiger partial charge on any atom is -0.382 e. The van der Waals surface area contributed by atoms with Crippen LogP contribution in [0.1, 0.15) is 43.7 Å². The first-order valence-electron chi connectivity index (χ1n) is 10.7. The third kappa shape index (κ3) is 3.23. The van der Waals surface area contributed by atoms with E-state index in [0.717, 1.165) is 17.2 Å². The van der Waals surface area contributed by atoms with Gasteiger partial charge in [0.05, 0.1) is 11.8 Å². The van der Waals surface area contributed by atoms with E-state index in [1.54, 1.807) is 6.92 Å². The highest BCUT2D eigenvalue weighted by molar-refractivity contribution is 6.41. The predicted molar refractivity (Wildman–Crippen MR) is 114 cm³/mol. The molecule has 0 saturated heterocycles. The first kappa shape index (κ1) is 21.1. The van der Waals surface area contributed by atoms with Gasteiger partial charge in [0.2, 0.25) is 0 Å². The summed E-state index contributed by atoms with van der Waals surface area (Å²) in [5, 5.41) is 0. The maximum absolute atomic E-state index is 13.8. The predicted octanol–water partition coefficient (Wildman–Crippen LogP) is 5.34. The Kier molecular flexibility index (Phi) is 4.89. The van der Waals surface area contributed by atoms with E-state index in [0.29, 0.717) is 54.8 Å². The summed E-state index contributed by atoms with van der Waals surface area (Å²) in [6.45, 7) is -0.991. The van der Waals surface area contributed by atoms with E-state index in [1.807, 2.05) is 18.2 Å². The van der Waals surface area contributed by atoms with Gasteiger partial charge in [-0.2, -0.15) is 8.78 Å². The third-order valence-electron chi connectivity index (χ3n) is 7.12. The second kappa shape index (κ2) is 7.40. The number of amidine groups is 1. The molecular formula is C24H23F4N3O. The number of fused-ring (bicyclic) bond motifs is 3. The van der Waals surface area contributed by atoms with Gasteiger partial charge in [-0.1, -0.05) is 12.1 Å². The summed E-state index contributed by atoms with van der Waals surface area (Å²) in [5.41, 5.74) is 8.38. The summed E-state index contributed by atoms with van der Waals surface area (Å²) in [6, 6.07) is 9.08. The van der Waals surface area contributed by atoms with Gasteiger partial charge in [0, 0.05) is 17.0 Å². The molecule has 3 aliphatic rings. The topological polar surface area (TPSA) is 60.0 Å². The van der Waals surface area contributed by atoms with Gasteiger partial charge < -0.3 is 10.5 Å². The molecule has 0 aromatic heterocycles. The zero-order valence-electron chi connectivity index (χ0n) is 17.5. The van der Waals surface area contributed by atoms with Gasteiger partial charge in [0.25, 0.3) is 0 Å². The van der Waals surface area contributed by atoms with Crippen molar-refractivity contribution in [3.05, 3.63) is 59.2 Å². The third-order valence-corrected chi connectivity index (χ3v) is 7.12. The van der Waals surface area contributed by atoms with Gasteiger partial charge in [-0.25, -0.2) is 13.8 Å². The van der Waals surface area contributed by atoms with Crippen LogP contribution in [-0.4, -0.2) is 24.3 Å². The zero-order chi connectivity index (χ0) is 22.7. The van der Waals surface area contributed by atoms with Gasteiger partial charge in [0.15, 0.2) is 5.66 Å². The second-order valence-corrected chi connectivity index (χ2v) is 8.95. The van der Waals surface area contributed by atoms with E-state index >= 15 is 0 Å². The second-order valence-electron chi connectivity index (χ2n) is 8.95. The largest absolute Gasteiger partial charge is 0.382 e. The van der Waals surface area contributed by atoms with Crippen molar-refractivity contribution in [3.8, 4) is 11.1 Å². The first-order chi connectivity index (χ1) is 15.2. The van der Waals surface area contributed by atoms with Crippen molar-refractivity contribution in [3.63, 3.8) is 0 Å². The first-order valence-corrected chi connectivity index (χ1v) is 10.7. The van der Waals surface area contributed by atoms with Crippen LogP contribution in [0.25, 0.3) is 11.1 Å². The van der Waals surface area contributed by atoms with Crippen molar-refractivity contribution in [2.75, 3.05) is 0 Å². The molecule has 1 atom stereocenters. The minimum atomic E-state index is -2.79. The summed E-state index contributed by atoms with van der Waals surface area (Å²) in [7, 11) is 0.